The molecule has 0 aliphatic carbocycles. The van der Waals surface area contributed by atoms with Crippen molar-refractivity contribution >= 4 is 5.91 Å². The summed E-state index contributed by atoms with van der Waals surface area (Å²) in [5.74, 6) is 5.58. The molecule has 0 bridgehead atoms. The normalized spacial score (nSPS) is 8.77. The number of unbranched alkanes of at least 4 members (excludes halogenated alkanes) is 2. The summed E-state index contributed by atoms with van der Waals surface area (Å²) in [6.45, 7) is 2.93. The number of nitrogens with two attached hydrogens (primary N) is 1. The molecule has 3 N–H and O–H groups in total. The van der Waals surface area contributed by atoms with Gasteiger partial charge in [-0.3, -0.25) is 4.79 Å². The largest absolute Gasteiger partial charge is 0.345 e. The second-order valence-corrected chi connectivity index (χ2v) is 2.80. The Morgan fingerprint density at radius 2 is 2.15 bits per heavy atom. The van der Waals surface area contributed by atoms with Crippen molar-refractivity contribution in [3.05, 3.63) is 0 Å². The average Bonchev–Trinajstić information content (AvgIpc) is 2.13. The van der Waals surface area contributed by atoms with Gasteiger partial charge in [0, 0.05) is 6.42 Å². The molecule has 0 saturated heterocycles. The minimum absolute atomic E-state index is 0.0831. The van der Waals surface area contributed by atoms with Crippen LogP contribution in [0, 0.1) is 11.8 Å². The Morgan fingerprint density at radius 1 is 1.38 bits per heavy atom. The predicted molar refractivity (Wildman–Crippen MR) is 54.0 cm³/mol. The summed E-state index contributed by atoms with van der Waals surface area (Å²) < 4.78 is 0. The SMILES string of the molecule is CC#CCNC(=O)CCCCCN. The number of rotatable bonds is 6. The number of nitrogens with one attached hydrogen (secondary N) is 1. The third-order valence-electron chi connectivity index (χ3n) is 1.66. The predicted octanol–water partition coefficient (Wildman–Crippen LogP) is 0.645. The van der Waals surface area contributed by atoms with Crippen LogP contribution in [0.15, 0.2) is 0 Å². The number of amides is 1. The van der Waals surface area contributed by atoms with Crippen LogP contribution in [-0.2, 0) is 4.79 Å². The van der Waals surface area contributed by atoms with Gasteiger partial charge in [0.15, 0.2) is 0 Å². The van der Waals surface area contributed by atoms with E-state index in [2.05, 4.69) is 17.2 Å². The van der Waals surface area contributed by atoms with Crippen LogP contribution in [-0.4, -0.2) is 19.0 Å². The Bertz CT molecular complexity index is 191. The zero-order valence-electron chi connectivity index (χ0n) is 8.23. The minimum Gasteiger partial charge on any atom is -0.345 e. The topological polar surface area (TPSA) is 55.1 Å². The standard InChI is InChI=1S/C10H18N2O/c1-2-3-9-12-10(13)7-5-4-6-8-11/h4-9,11H2,1H3,(H,12,13). The highest BCUT2D eigenvalue weighted by molar-refractivity contribution is 5.76. The second kappa shape index (κ2) is 9.08. The van der Waals surface area contributed by atoms with Crippen molar-refractivity contribution < 1.29 is 4.79 Å². The Morgan fingerprint density at radius 3 is 2.77 bits per heavy atom. The molecule has 0 unspecified atom stereocenters. The van der Waals surface area contributed by atoms with Gasteiger partial charge in [0.1, 0.15) is 0 Å². The smallest absolute Gasteiger partial charge is 0.220 e. The minimum atomic E-state index is 0.0831. The van der Waals surface area contributed by atoms with E-state index in [9.17, 15) is 4.79 Å². The Balaban J connectivity index is 3.23. The van der Waals surface area contributed by atoms with E-state index >= 15 is 0 Å². The zero-order valence-corrected chi connectivity index (χ0v) is 8.23. The summed E-state index contributed by atoms with van der Waals surface area (Å²) in [4.78, 5) is 11.1. The van der Waals surface area contributed by atoms with E-state index in [4.69, 9.17) is 5.73 Å². The summed E-state index contributed by atoms with van der Waals surface area (Å²) in [7, 11) is 0. The molecule has 13 heavy (non-hydrogen) atoms. The zero-order chi connectivity index (χ0) is 9.94. The average molecular weight is 182 g/mol. The summed E-state index contributed by atoms with van der Waals surface area (Å²) in [6.07, 6.45) is 3.54. The van der Waals surface area contributed by atoms with Crippen LogP contribution in [0.3, 0.4) is 0 Å². The van der Waals surface area contributed by atoms with E-state index in [0.29, 0.717) is 19.5 Å². The summed E-state index contributed by atoms with van der Waals surface area (Å²) in [6, 6.07) is 0. The molecule has 0 saturated carbocycles. The molecule has 0 fully saturated rings. The van der Waals surface area contributed by atoms with Crippen molar-refractivity contribution in [3.8, 4) is 11.8 Å². The van der Waals surface area contributed by atoms with Crippen LogP contribution in [0.2, 0.25) is 0 Å². The van der Waals surface area contributed by atoms with Crippen LogP contribution in [0.25, 0.3) is 0 Å². The van der Waals surface area contributed by atoms with Gasteiger partial charge in [-0.15, -0.1) is 5.92 Å². The second-order valence-electron chi connectivity index (χ2n) is 2.80. The first-order chi connectivity index (χ1) is 6.31. The van der Waals surface area contributed by atoms with E-state index in [1.807, 2.05) is 0 Å². The van der Waals surface area contributed by atoms with Crippen LogP contribution in [0.5, 0.6) is 0 Å². The van der Waals surface area contributed by atoms with Gasteiger partial charge in [0.05, 0.1) is 6.54 Å². The van der Waals surface area contributed by atoms with Crippen LogP contribution in [0.1, 0.15) is 32.6 Å². The quantitative estimate of drug-likeness (QED) is 0.468. The van der Waals surface area contributed by atoms with E-state index in [0.717, 1.165) is 19.3 Å². The number of hydrogen-bond donors (Lipinski definition) is 2. The summed E-state index contributed by atoms with van der Waals surface area (Å²) in [5.41, 5.74) is 5.32. The number of hydrogen-bond acceptors (Lipinski definition) is 2. The first-order valence-corrected chi connectivity index (χ1v) is 4.67. The molecule has 0 heterocycles. The van der Waals surface area contributed by atoms with Gasteiger partial charge >= 0.3 is 0 Å². The fourth-order valence-corrected chi connectivity index (χ4v) is 0.926. The highest BCUT2D eigenvalue weighted by atomic mass is 16.1. The van der Waals surface area contributed by atoms with Crippen molar-refractivity contribution in [1.29, 1.82) is 0 Å². The molecule has 0 aliphatic heterocycles. The molecule has 0 aromatic carbocycles. The van der Waals surface area contributed by atoms with Crippen molar-refractivity contribution in [3.63, 3.8) is 0 Å². The van der Waals surface area contributed by atoms with Gasteiger partial charge in [-0.05, 0) is 26.3 Å². The van der Waals surface area contributed by atoms with Crippen molar-refractivity contribution in [2.75, 3.05) is 13.1 Å². The summed E-state index contributed by atoms with van der Waals surface area (Å²) >= 11 is 0. The summed E-state index contributed by atoms with van der Waals surface area (Å²) in [5, 5.41) is 2.72. The van der Waals surface area contributed by atoms with Gasteiger partial charge in [-0.2, -0.15) is 0 Å². The third-order valence-corrected chi connectivity index (χ3v) is 1.66. The molecule has 0 aromatic rings. The molecule has 0 rings (SSSR count). The molecular weight excluding hydrogens is 164 g/mol. The van der Waals surface area contributed by atoms with Gasteiger partial charge in [-0.25, -0.2) is 0 Å². The van der Waals surface area contributed by atoms with Crippen molar-refractivity contribution in [1.82, 2.24) is 5.32 Å². The molecule has 0 atom stereocenters. The van der Waals surface area contributed by atoms with Crippen LogP contribution >= 0.6 is 0 Å². The molecular formula is C10H18N2O. The monoisotopic (exact) mass is 182 g/mol. The van der Waals surface area contributed by atoms with Gasteiger partial charge in [0.2, 0.25) is 5.91 Å². The van der Waals surface area contributed by atoms with Gasteiger partial charge < -0.3 is 11.1 Å². The lowest BCUT2D eigenvalue weighted by Crippen LogP contribution is -2.23. The van der Waals surface area contributed by atoms with Crippen molar-refractivity contribution in [2.45, 2.75) is 32.6 Å². The van der Waals surface area contributed by atoms with Crippen LogP contribution in [0.4, 0.5) is 0 Å². The van der Waals surface area contributed by atoms with Crippen molar-refractivity contribution in [2.24, 2.45) is 5.73 Å². The number of carbonyl (C=O) groups excluding carboxylic acids is 1. The lowest BCUT2D eigenvalue weighted by molar-refractivity contribution is -0.120. The Labute approximate surface area is 80.1 Å². The lowest BCUT2D eigenvalue weighted by Gasteiger charge is -2.00. The first kappa shape index (κ1) is 12.0. The maximum Gasteiger partial charge on any atom is 0.220 e. The lowest BCUT2D eigenvalue weighted by atomic mass is 10.2. The van der Waals surface area contributed by atoms with E-state index in [1.165, 1.54) is 0 Å². The molecule has 0 aliphatic rings. The maximum absolute atomic E-state index is 11.1. The molecule has 3 nitrogen and oxygen atoms in total. The van der Waals surface area contributed by atoms with Gasteiger partial charge in [-0.1, -0.05) is 12.3 Å². The molecule has 0 radical (unpaired) electrons. The fraction of sp³-hybridized carbons (Fsp3) is 0.700. The number of carbonyl (C=O) groups is 1. The van der Waals surface area contributed by atoms with E-state index in [1.54, 1.807) is 6.92 Å². The third kappa shape index (κ3) is 8.90. The Hall–Kier alpha value is -1.01. The van der Waals surface area contributed by atoms with Gasteiger partial charge in [0.25, 0.3) is 0 Å². The Kier molecular flexibility index (Phi) is 8.38. The van der Waals surface area contributed by atoms with E-state index < -0.39 is 0 Å². The molecule has 3 heteroatoms. The molecule has 1 amide bonds. The fourth-order valence-electron chi connectivity index (χ4n) is 0.926. The maximum atomic E-state index is 11.1. The van der Waals surface area contributed by atoms with Crippen LogP contribution < -0.4 is 11.1 Å². The molecule has 74 valence electrons. The first-order valence-electron chi connectivity index (χ1n) is 4.67. The van der Waals surface area contributed by atoms with E-state index in [-0.39, 0.29) is 5.91 Å². The molecule has 0 spiro atoms. The highest BCUT2D eigenvalue weighted by Gasteiger charge is 1.97. The molecule has 0 aromatic heterocycles. The highest BCUT2D eigenvalue weighted by Crippen LogP contribution is 1.97.